The lowest BCUT2D eigenvalue weighted by Gasteiger charge is -2.31. The highest BCUT2D eigenvalue weighted by atomic mass is 16.5. The third-order valence-electron chi connectivity index (χ3n) is 4.97. The second kappa shape index (κ2) is 6.88. The Morgan fingerprint density at radius 1 is 1.19 bits per heavy atom. The van der Waals surface area contributed by atoms with Crippen LogP contribution in [0.3, 0.4) is 0 Å². The Balaban J connectivity index is 1.65. The first kappa shape index (κ1) is 15.0. The van der Waals surface area contributed by atoms with E-state index in [1.807, 2.05) is 7.11 Å². The molecule has 5 nitrogen and oxygen atoms in total. The number of fused-ring (bicyclic) bond motifs is 1. The maximum Gasteiger partial charge on any atom is 0.149 e. The fourth-order valence-electron chi connectivity index (χ4n) is 3.77. The molecule has 0 radical (unpaired) electrons. The Hall–Kier alpha value is -0.940. The molecule has 1 aromatic heterocycles. The lowest BCUT2D eigenvalue weighted by atomic mass is 9.92. The van der Waals surface area contributed by atoms with Crippen LogP contribution >= 0.6 is 0 Å². The van der Waals surface area contributed by atoms with Crippen molar-refractivity contribution >= 4 is 0 Å². The van der Waals surface area contributed by atoms with Gasteiger partial charge in [0.1, 0.15) is 11.6 Å². The molecule has 3 atom stereocenters. The maximum atomic E-state index is 5.53. The minimum Gasteiger partial charge on any atom is -0.381 e. The summed E-state index contributed by atoms with van der Waals surface area (Å²) in [6.45, 7) is 3.30. The van der Waals surface area contributed by atoms with Gasteiger partial charge in [-0.05, 0) is 45.4 Å². The molecule has 3 rings (SSSR count). The molecule has 21 heavy (non-hydrogen) atoms. The van der Waals surface area contributed by atoms with Gasteiger partial charge in [-0.25, -0.2) is 0 Å². The molecule has 1 aromatic rings. The SMILES string of the molecule is COC1CCCC(NC(C)c2nnc3n2CCCCC3)C1. The maximum absolute atomic E-state index is 5.53. The van der Waals surface area contributed by atoms with E-state index in [1.165, 1.54) is 44.3 Å². The quantitative estimate of drug-likeness (QED) is 0.927. The normalized spacial score (nSPS) is 27.9. The van der Waals surface area contributed by atoms with Gasteiger partial charge in [0.25, 0.3) is 0 Å². The van der Waals surface area contributed by atoms with Gasteiger partial charge >= 0.3 is 0 Å². The summed E-state index contributed by atoms with van der Waals surface area (Å²) in [4.78, 5) is 0. The van der Waals surface area contributed by atoms with Crippen LogP contribution in [0, 0.1) is 0 Å². The average Bonchev–Trinajstić information content (AvgIpc) is 2.76. The Morgan fingerprint density at radius 3 is 2.95 bits per heavy atom. The van der Waals surface area contributed by atoms with Crippen LogP contribution < -0.4 is 5.32 Å². The van der Waals surface area contributed by atoms with Crippen LogP contribution in [-0.2, 0) is 17.7 Å². The highest BCUT2D eigenvalue weighted by molar-refractivity contribution is 5.02. The first-order valence-corrected chi connectivity index (χ1v) is 8.48. The third kappa shape index (κ3) is 3.46. The number of ether oxygens (including phenoxy) is 1. The number of methoxy groups -OCH3 is 1. The van der Waals surface area contributed by atoms with Crippen LogP contribution in [0.2, 0.25) is 0 Å². The number of nitrogens with one attached hydrogen (secondary N) is 1. The molecule has 0 amide bonds. The van der Waals surface area contributed by atoms with Crippen molar-refractivity contribution in [3.05, 3.63) is 11.6 Å². The lowest BCUT2D eigenvalue weighted by Crippen LogP contribution is -2.38. The van der Waals surface area contributed by atoms with Crippen molar-refractivity contribution in [3.8, 4) is 0 Å². The monoisotopic (exact) mass is 292 g/mol. The van der Waals surface area contributed by atoms with E-state index in [1.54, 1.807) is 0 Å². The standard InChI is InChI=1S/C16H28N4O/c1-12(17-13-7-6-8-14(11-13)21-2)16-19-18-15-9-4-3-5-10-20(15)16/h12-14,17H,3-11H2,1-2H3. The molecule has 1 fully saturated rings. The summed E-state index contributed by atoms with van der Waals surface area (Å²) in [7, 11) is 1.83. The fraction of sp³-hybridized carbons (Fsp3) is 0.875. The van der Waals surface area contributed by atoms with E-state index in [2.05, 4.69) is 27.0 Å². The molecule has 1 aliphatic heterocycles. The van der Waals surface area contributed by atoms with Gasteiger partial charge in [0.2, 0.25) is 0 Å². The summed E-state index contributed by atoms with van der Waals surface area (Å²) in [5.41, 5.74) is 0. The van der Waals surface area contributed by atoms with Crippen molar-refractivity contribution in [3.63, 3.8) is 0 Å². The molecule has 118 valence electrons. The van der Waals surface area contributed by atoms with Crippen molar-refractivity contribution in [1.29, 1.82) is 0 Å². The molecule has 2 heterocycles. The van der Waals surface area contributed by atoms with Gasteiger partial charge in [-0.15, -0.1) is 10.2 Å². The molecule has 0 bridgehead atoms. The van der Waals surface area contributed by atoms with E-state index in [0.717, 1.165) is 25.2 Å². The van der Waals surface area contributed by atoms with Crippen LogP contribution in [0.1, 0.15) is 69.6 Å². The Labute approximate surface area is 127 Å². The van der Waals surface area contributed by atoms with Crippen LogP contribution in [0.15, 0.2) is 0 Å². The number of rotatable bonds is 4. The summed E-state index contributed by atoms with van der Waals surface area (Å²) >= 11 is 0. The molecule has 5 heteroatoms. The predicted octanol–water partition coefficient (Wildman–Crippen LogP) is 2.61. The smallest absolute Gasteiger partial charge is 0.149 e. The summed E-state index contributed by atoms with van der Waals surface area (Å²) in [5.74, 6) is 2.29. The molecule has 1 aliphatic carbocycles. The number of nitrogens with zero attached hydrogens (tertiary/aromatic N) is 3. The van der Waals surface area contributed by atoms with E-state index >= 15 is 0 Å². The third-order valence-corrected chi connectivity index (χ3v) is 4.97. The molecule has 0 spiro atoms. The van der Waals surface area contributed by atoms with Crippen LogP contribution in [0.25, 0.3) is 0 Å². The highest BCUT2D eigenvalue weighted by Crippen LogP contribution is 2.24. The van der Waals surface area contributed by atoms with Crippen LogP contribution in [0.4, 0.5) is 0 Å². The fourth-order valence-corrected chi connectivity index (χ4v) is 3.77. The predicted molar refractivity (Wildman–Crippen MR) is 82.2 cm³/mol. The van der Waals surface area contributed by atoms with Gasteiger partial charge < -0.3 is 14.6 Å². The summed E-state index contributed by atoms with van der Waals surface area (Å²) in [6, 6.07) is 0.808. The average molecular weight is 292 g/mol. The first-order valence-electron chi connectivity index (χ1n) is 8.48. The van der Waals surface area contributed by atoms with Gasteiger partial charge in [-0.2, -0.15) is 0 Å². The second-order valence-electron chi connectivity index (χ2n) is 6.55. The molecule has 1 saturated carbocycles. The van der Waals surface area contributed by atoms with Gasteiger partial charge in [-0.3, -0.25) is 0 Å². The van der Waals surface area contributed by atoms with Crippen LogP contribution in [-0.4, -0.2) is 34.0 Å². The topological polar surface area (TPSA) is 52.0 Å². The Bertz CT molecular complexity index is 459. The highest BCUT2D eigenvalue weighted by Gasteiger charge is 2.25. The summed E-state index contributed by atoms with van der Waals surface area (Å²) in [6.07, 6.45) is 10.1. The molecule has 0 aromatic carbocycles. The number of aromatic nitrogens is 3. The number of hydrogen-bond acceptors (Lipinski definition) is 4. The zero-order valence-corrected chi connectivity index (χ0v) is 13.3. The van der Waals surface area contributed by atoms with Crippen molar-refractivity contribution in [2.75, 3.05) is 7.11 Å². The van der Waals surface area contributed by atoms with Gasteiger partial charge in [0.05, 0.1) is 12.1 Å². The molecule has 1 N–H and O–H groups in total. The molecule has 2 aliphatic rings. The second-order valence-corrected chi connectivity index (χ2v) is 6.55. The largest absolute Gasteiger partial charge is 0.381 e. The molecular formula is C16H28N4O. The molecule has 0 saturated heterocycles. The molecule has 3 unspecified atom stereocenters. The molecular weight excluding hydrogens is 264 g/mol. The first-order chi connectivity index (χ1) is 10.3. The lowest BCUT2D eigenvalue weighted by molar-refractivity contribution is 0.0570. The van der Waals surface area contributed by atoms with Gasteiger partial charge in [0.15, 0.2) is 0 Å². The Kier molecular flexibility index (Phi) is 4.91. The van der Waals surface area contributed by atoms with E-state index in [0.29, 0.717) is 12.1 Å². The summed E-state index contributed by atoms with van der Waals surface area (Å²) < 4.78 is 7.88. The van der Waals surface area contributed by atoms with E-state index in [9.17, 15) is 0 Å². The van der Waals surface area contributed by atoms with Crippen molar-refractivity contribution in [2.24, 2.45) is 0 Å². The van der Waals surface area contributed by atoms with E-state index < -0.39 is 0 Å². The van der Waals surface area contributed by atoms with Crippen LogP contribution in [0.5, 0.6) is 0 Å². The zero-order chi connectivity index (χ0) is 14.7. The zero-order valence-electron chi connectivity index (χ0n) is 13.3. The van der Waals surface area contributed by atoms with Crippen molar-refractivity contribution < 1.29 is 4.74 Å². The van der Waals surface area contributed by atoms with Gasteiger partial charge in [-0.1, -0.05) is 6.42 Å². The minimum atomic E-state index is 0.268. The number of aryl methyl sites for hydroxylation is 1. The van der Waals surface area contributed by atoms with E-state index in [4.69, 9.17) is 4.74 Å². The number of hydrogen-bond donors (Lipinski definition) is 1. The minimum absolute atomic E-state index is 0.268. The van der Waals surface area contributed by atoms with Gasteiger partial charge in [0, 0.05) is 26.1 Å². The Morgan fingerprint density at radius 2 is 2.10 bits per heavy atom. The van der Waals surface area contributed by atoms with E-state index in [-0.39, 0.29) is 6.04 Å². The van der Waals surface area contributed by atoms with Crippen molar-refractivity contribution in [1.82, 2.24) is 20.1 Å². The summed E-state index contributed by atoms with van der Waals surface area (Å²) in [5, 5.41) is 12.6. The van der Waals surface area contributed by atoms with Crippen molar-refractivity contribution in [2.45, 2.75) is 83.0 Å².